The van der Waals surface area contributed by atoms with E-state index in [1.807, 2.05) is 29.2 Å². The summed E-state index contributed by atoms with van der Waals surface area (Å²) in [5, 5.41) is 4.14. The lowest BCUT2D eigenvalue weighted by molar-refractivity contribution is 0.0724. The highest BCUT2D eigenvalue weighted by Gasteiger charge is 2.20. The molecule has 0 aliphatic carbocycles. The molecule has 8 heteroatoms. The summed E-state index contributed by atoms with van der Waals surface area (Å²) < 4.78 is 27.0. The van der Waals surface area contributed by atoms with Gasteiger partial charge in [-0.3, -0.25) is 9.48 Å². The molecule has 2 aromatic rings. The molecular weight excluding hydrogens is 352 g/mol. The van der Waals surface area contributed by atoms with Crippen LogP contribution in [0.3, 0.4) is 0 Å². The second-order valence-corrected chi connectivity index (χ2v) is 8.87. The number of carbonyl (C=O) groups excluding carboxylic acids is 1. The molecule has 26 heavy (non-hydrogen) atoms. The van der Waals surface area contributed by atoms with Crippen molar-refractivity contribution < 1.29 is 13.2 Å². The summed E-state index contributed by atoms with van der Waals surface area (Å²) in [6.45, 7) is 2.03. The van der Waals surface area contributed by atoms with Crippen molar-refractivity contribution in [3.8, 4) is 0 Å². The first-order valence-corrected chi connectivity index (χ1v) is 10.1. The summed E-state index contributed by atoms with van der Waals surface area (Å²) in [5.74, 6) is 0.0582. The summed E-state index contributed by atoms with van der Waals surface area (Å²) in [6, 6.07) is 7.45. The molecule has 3 rings (SSSR count). The average molecular weight is 376 g/mol. The van der Waals surface area contributed by atoms with E-state index in [0.717, 1.165) is 35.8 Å². The summed E-state index contributed by atoms with van der Waals surface area (Å²) in [4.78, 5) is 14.7. The maximum Gasteiger partial charge on any atom is 0.253 e. The molecule has 0 bridgehead atoms. The Kier molecular flexibility index (Phi) is 5.43. The van der Waals surface area contributed by atoms with E-state index >= 15 is 0 Å². The van der Waals surface area contributed by atoms with Gasteiger partial charge in [-0.15, -0.1) is 0 Å². The van der Waals surface area contributed by atoms with Crippen LogP contribution in [-0.4, -0.2) is 60.5 Å². The third-order valence-corrected chi connectivity index (χ3v) is 6.32. The van der Waals surface area contributed by atoms with Crippen LogP contribution in [0.2, 0.25) is 0 Å². The van der Waals surface area contributed by atoms with Crippen molar-refractivity contribution in [3.05, 3.63) is 47.8 Å². The van der Waals surface area contributed by atoms with Crippen LogP contribution in [0.15, 0.2) is 41.6 Å². The van der Waals surface area contributed by atoms with Gasteiger partial charge in [-0.1, -0.05) is 12.1 Å². The van der Waals surface area contributed by atoms with Gasteiger partial charge in [-0.25, -0.2) is 12.7 Å². The van der Waals surface area contributed by atoms with Crippen LogP contribution in [0, 0.1) is 0 Å². The van der Waals surface area contributed by atoms with E-state index in [2.05, 4.69) is 5.10 Å². The van der Waals surface area contributed by atoms with E-state index in [-0.39, 0.29) is 10.8 Å². The van der Waals surface area contributed by atoms with Crippen LogP contribution in [-0.2, 0) is 16.6 Å². The van der Waals surface area contributed by atoms with E-state index in [1.165, 1.54) is 32.9 Å². The number of aromatic nitrogens is 2. The molecule has 7 nitrogen and oxygen atoms in total. The van der Waals surface area contributed by atoms with Gasteiger partial charge in [0.1, 0.15) is 4.90 Å². The van der Waals surface area contributed by atoms with Gasteiger partial charge >= 0.3 is 0 Å². The normalized spacial score (nSPS) is 15.4. The molecule has 1 aromatic carbocycles. The van der Waals surface area contributed by atoms with Crippen LogP contribution in [0.5, 0.6) is 0 Å². The Morgan fingerprint density at radius 2 is 1.92 bits per heavy atom. The fourth-order valence-corrected chi connectivity index (χ4v) is 3.90. The zero-order chi connectivity index (χ0) is 18.7. The Morgan fingerprint density at radius 3 is 2.62 bits per heavy atom. The fraction of sp³-hybridized carbons (Fsp3) is 0.444. The second-order valence-electron chi connectivity index (χ2n) is 6.71. The van der Waals surface area contributed by atoms with Crippen LogP contribution in [0.4, 0.5) is 0 Å². The monoisotopic (exact) mass is 376 g/mol. The molecular formula is C18H24N4O3S. The quantitative estimate of drug-likeness (QED) is 0.798. The first kappa shape index (κ1) is 18.6. The zero-order valence-electron chi connectivity index (χ0n) is 15.1. The first-order valence-electron chi connectivity index (χ1n) is 8.71. The van der Waals surface area contributed by atoms with Gasteiger partial charge in [0.05, 0.1) is 12.7 Å². The van der Waals surface area contributed by atoms with Crippen molar-refractivity contribution in [2.45, 2.75) is 30.7 Å². The molecule has 1 saturated heterocycles. The third kappa shape index (κ3) is 3.96. The maximum atomic E-state index is 12.6. The Morgan fingerprint density at radius 1 is 1.19 bits per heavy atom. The lowest BCUT2D eigenvalue weighted by Crippen LogP contribution is -2.35. The zero-order valence-corrected chi connectivity index (χ0v) is 15.9. The molecule has 1 aliphatic heterocycles. The smallest absolute Gasteiger partial charge is 0.253 e. The van der Waals surface area contributed by atoms with Crippen molar-refractivity contribution in [1.29, 1.82) is 0 Å². The fourth-order valence-electron chi connectivity index (χ4n) is 3.04. The molecule has 0 unspecified atom stereocenters. The van der Waals surface area contributed by atoms with Crippen LogP contribution in [0.25, 0.3) is 0 Å². The largest absolute Gasteiger partial charge is 0.339 e. The minimum atomic E-state index is -3.50. The molecule has 0 atom stereocenters. The standard InChI is InChI=1S/C18H24N4O3S/c1-20(2)26(24,25)17-12-19-22(14-17)13-15-7-6-8-16(11-15)18(23)21-9-4-3-5-10-21/h6-8,11-12,14H,3-5,9-10,13H2,1-2H3. The SMILES string of the molecule is CN(C)S(=O)(=O)c1cnn(Cc2cccc(C(=O)N3CCCCC3)c2)c1. The number of amides is 1. The van der Waals surface area contributed by atoms with Gasteiger partial charge in [0.25, 0.3) is 5.91 Å². The summed E-state index contributed by atoms with van der Waals surface area (Å²) in [7, 11) is -0.518. The highest BCUT2D eigenvalue weighted by molar-refractivity contribution is 7.89. The Labute approximate surface area is 154 Å². The summed E-state index contributed by atoms with van der Waals surface area (Å²) in [6.07, 6.45) is 6.15. The number of likely N-dealkylation sites (tertiary alicyclic amines) is 1. The van der Waals surface area contributed by atoms with Crippen molar-refractivity contribution in [2.75, 3.05) is 27.2 Å². The predicted octanol–water partition coefficient (Wildman–Crippen LogP) is 1.81. The highest BCUT2D eigenvalue weighted by atomic mass is 32.2. The van der Waals surface area contributed by atoms with Gasteiger partial charge in [-0.05, 0) is 37.0 Å². The molecule has 1 amide bonds. The summed E-state index contributed by atoms with van der Waals surface area (Å²) in [5.41, 5.74) is 1.57. The van der Waals surface area contributed by atoms with E-state index in [9.17, 15) is 13.2 Å². The van der Waals surface area contributed by atoms with Crippen molar-refractivity contribution in [2.24, 2.45) is 0 Å². The van der Waals surface area contributed by atoms with Crippen LogP contribution in [0.1, 0.15) is 35.2 Å². The Bertz CT molecular complexity index is 883. The third-order valence-electron chi connectivity index (χ3n) is 4.55. The van der Waals surface area contributed by atoms with Crippen LogP contribution >= 0.6 is 0 Å². The van der Waals surface area contributed by atoms with E-state index in [4.69, 9.17) is 0 Å². The lowest BCUT2D eigenvalue weighted by atomic mass is 10.1. The number of rotatable bonds is 5. The minimum absolute atomic E-state index is 0.0582. The van der Waals surface area contributed by atoms with E-state index in [0.29, 0.717) is 12.1 Å². The molecule has 0 radical (unpaired) electrons. The molecule has 0 saturated carbocycles. The van der Waals surface area contributed by atoms with Crippen molar-refractivity contribution in [1.82, 2.24) is 19.0 Å². The maximum absolute atomic E-state index is 12.6. The van der Waals surface area contributed by atoms with E-state index < -0.39 is 10.0 Å². The average Bonchev–Trinajstić information content (AvgIpc) is 3.11. The number of carbonyl (C=O) groups is 1. The number of hydrogen-bond donors (Lipinski definition) is 0. The molecule has 0 N–H and O–H groups in total. The number of piperidine rings is 1. The van der Waals surface area contributed by atoms with Crippen LogP contribution < -0.4 is 0 Å². The van der Waals surface area contributed by atoms with Gasteiger partial charge in [0.15, 0.2) is 0 Å². The lowest BCUT2D eigenvalue weighted by Gasteiger charge is -2.26. The first-order chi connectivity index (χ1) is 12.4. The highest BCUT2D eigenvalue weighted by Crippen LogP contribution is 2.16. The minimum Gasteiger partial charge on any atom is -0.339 e. The number of benzene rings is 1. The van der Waals surface area contributed by atoms with Gasteiger partial charge in [-0.2, -0.15) is 5.10 Å². The molecule has 2 heterocycles. The second kappa shape index (κ2) is 7.59. The number of sulfonamides is 1. The Balaban J connectivity index is 1.75. The number of nitrogens with zero attached hydrogens (tertiary/aromatic N) is 4. The molecule has 1 fully saturated rings. The van der Waals surface area contributed by atoms with Gasteiger partial charge in [0, 0.05) is 38.9 Å². The molecule has 0 spiro atoms. The number of hydrogen-bond acceptors (Lipinski definition) is 4. The van der Waals surface area contributed by atoms with Gasteiger partial charge in [0.2, 0.25) is 10.0 Å². The molecule has 1 aliphatic rings. The molecule has 140 valence electrons. The van der Waals surface area contributed by atoms with Crippen molar-refractivity contribution in [3.63, 3.8) is 0 Å². The topological polar surface area (TPSA) is 75.5 Å². The van der Waals surface area contributed by atoms with E-state index in [1.54, 1.807) is 4.68 Å². The van der Waals surface area contributed by atoms with Crippen molar-refractivity contribution >= 4 is 15.9 Å². The van der Waals surface area contributed by atoms with Gasteiger partial charge < -0.3 is 4.90 Å². The Hall–Kier alpha value is -2.19. The molecule has 1 aromatic heterocycles. The summed E-state index contributed by atoms with van der Waals surface area (Å²) >= 11 is 0. The predicted molar refractivity (Wildman–Crippen MR) is 98.4 cm³/mol.